The number of rotatable bonds is 5. The van der Waals surface area contributed by atoms with E-state index in [-0.39, 0.29) is 5.92 Å². The number of hydrogen-bond acceptors (Lipinski definition) is 7. The predicted octanol–water partition coefficient (Wildman–Crippen LogP) is 3.86. The summed E-state index contributed by atoms with van der Waals surface area (Å²) in [6.45, 7) is 7.42. The zero-order valence-corrected chi connectivity index (χ0v) is 17.6. The molecule has 0 bridgehead atoms. The Kier molecular flexibility index (Phi) is 4.63. The number of imidazole rings is 1. The normalized spacial score (nSPS) is 12.6. The van der Waals surface area contributed by atoms with E-state index < -0.39 is 0 Å². The zero-order chi connectivity index (χ0) is 20.8. The number of hydrogen-bond donors (Lipinski definition) is 0. The summed E-state index contributed by atoms with van der Waals surface area (Å²) in [5.74, 6) is 2.66. The molecule has 9 nitrogen and oxygen atoms in total. The molecule has 10 heteroatoms. The van der Waals surface area contributed by atoms with Gasteiger partial charge in [0.2, 0.25) is 0 Å². The summed E-state index contributed by atoms with van der Waals surface area (Å²) in [6, 6.07) is 5.69. The molecule has 0 amide bonds. The van der Waals surface area contributed by atoms with Crippen molar-refractivity contribution in [1.82, 2.24) is 34.5 Å². The van der Waals surface area contributed by atoms with E-state index in [1.54, 1.807) is 6.33 Å². The Morgan fingerprint density at radius 1 is 1.27 bits per heavy atom. The van der Waals surface area contributed by atoms with E-state index >= 15 is 0 Å². The Morgan fingerprint density at radius 2 is 2.13 bits per heavy atom. The molecule has 5 rings (SSSR count). The van der Waals surface area contributed by atoms with Gasteiger partial charge >= 0.3 is 0 Å². The molecule has 1 aliphatic heterocycles. The second-order valence-electron chi connectivity index (χ2n) is 7.35. The Balaban J connectivity index is 1.71. The van der Waals surface area contributed by atoms with Crippen LogP contribution in [0.2, 0.25) is 5.02 Å². The number of aromatic nitrogens is 7. The Morgan fingerprint density at radius 3 is 2.90 bits per heavy atom. The number of fused-ring (bicyclic) bond motifs is 5. The molecule has 154 valence electrons. The third-order valence-corrected chi connectivity index (χ3v) is 5.29. The molecular weight excluding hydrogens is 406 g/mol. The van der Waals surface area contributed by atoms with Crippen LogP contribution >= 0.6 is 11.6 Å². The monoisotopic (exact) mass is 425 g/mol. The summed E-state index contributed by atoms with van der Waals surface area (Å²) in [5.41, 5.74) is 3.31. The number of halogens is 1. The summed E-state index contributed by atoms with van der Waals surface area (Å²) in [5, 5.41) is 13.5. The molecule has 0 spiro atoms. The first-order valence-corrected chi connectivity index (χ1v) is 10.1. The Bertz CT molecular complexity index is 1220. The van der Waals surface area contributed by atoms with Crippen LogP contribution in [0, 0.1) is 0 Å². The van der Waals surface area contributed by atoms with Gasteiger partial charge in [-0.3, -0.25) is 4.57 Å². The maximum atomic E-state index is 6.31. The van der Waals surface area contributed by atoms with E-state index in [0.717, 1.165) is 28.6 Å². The largest absolute Gasteiger partial charge is 0.374 e. The van der Waals surface area contributed by atoms with E-state index in [0.29, 0.717) is 42.2 Å². The van der Waals surface area contributed by atoms with Gasteiger partial charge in [0.1, 0.15) is 12.9 Å². The lowest BCUT2D eigenvalue weighted by Gasteiger charge is -2.08. The van der Waals surface area contributed by atoms with Crippen LogP contribution in [0.3, 0.4) is 0 Å². The van der Waals surface area contributed by atoms with Crippen molar-refractivity contribution in [3.63, 3.8) is 0 Å². The number of nitrogens with zero attached hydrogens (tertiary/aromatic N) is 7. The SMILES string of the molecule is CCOCc1nnc2n1Cc1c(-c3nc(C(C)C)no3)ncn1-c1ccc(Cl)cc1-2. The van der Waals surface area contributed by atoms with Crippen LogP contribution in [0.1, 0.15) is 44.0 Å². The fraction of sp³-hybridized carbons (Fsp3) is 0.350. The first kappa shape index (κ1) is 19.0. The van der Waals surface area contributed by atoms with Gasteiger partial charge < -0.3 is 13.8 Å². The van der Waals surface area contributed by atoms with Crippen LogP contribution in [0.4, 0.5) is 0 Å². The lowest BCUT2D eigenvalue weighted by Crippen LogP contribution is -2.09. The van der Waals surface area contributed by atoms with Crippen LogP contribution in [-0.4, -0.2) is 41.1 Å². The van der Waals surface area contributed by atoms with Gasteiger partial charge in [-0.25, -0.2) is 4.98 Å². The van der Waals surface area contributed by atoms with Gasteiger partial charge in [-0.05, 0) is 25.1 Å². The molecule has 0 radical (unpaired) electrons. The summed E-state index contributed by atoms with van der Waals surface area (Å²) >= 11 is 6.31. The van der Waals surface area contributed by atoms with Crippen molar-refractivity contribution < 1.29 is 9.26 Å². The molecule has 0 N–H and O–H groups in total. The van der Waals surface area contributed by atoms with Gasteiger partial charge in [0.05, 0.1) is 17.9 Å². The van der Waals surface area contributed by atoms with Gasteiger partial charge in [-0.15, -0.1) is 10.2 Å². The molecule has 1 aliphatic rings. The molecule has 0 aliphatic carbocycles. The Labute approximate surface area is 177 Å². The van der Waals surface area contributed by atoms with Gasteiger partial charge in [-0.1, -0.05) is 30.6 Å². The lowest BCUT2D eigenvalue weighted by atomic mass is 10.1. The summed E-state index contributed by atoms with van der Waals surface area (Å²) < 4.78 is 15.2. The fourth-order valence-corrected chi connectivity index (χ4v) is 3.70. The molecule has 3 aromatic heterocycles. The quantitative estimate of drug-likeness (QED) is 0.421. The van der Waals surface area contributed by atoms with Gasteiger partial charge in [-0.2, -0.15) is 4.98 Å². The van der Waals surface area contributed by atoms with Crippen molar-refractivity contribution in [2.45, 2.75) is 39.8 Å². The molecular formula is C20H20ClN7O2. The van der Waals surface area contributed by atoms with E-state index in [9.17, 15) is 0 Å². The minimum absolute atomic E-state index is 0.161. The van der Waals surface area contributed by atoms with E-state index in [1.807, 2.05) is 48.1 Å². The number of ether oxygens (including phenoxy) is 1. The lowest BCUT2D eigenvalue weighted by molar-refractivity contribution is 0.125. The molecule has 0 saturated carbocycles. The molecule has 0 fully saturated rings. The van der Waals surface area contributed by atoms with Crippen molar-refractivity contribution in [2.75, 3.05) is 6.61 Å². The average molecular weight is 426 g/mol. The van der Waals surface area contributed by atoms with E-state index in [4.69, 9.17) is 20.9 Å². The maximum absolute atomic E-state index is 6.31. The van der Waals surface area contributed by atoms with E-state index in [2.05, 4.69) is 25.3 Å². The van der Waals surface area contributed by atoms with Crippen LogP contribution in [0.15, 0.2) is 29.0 Å². The smallest absolute Gasteiger partial charge is 0.278 e. The molecule has 0 unspecified atom stereocenters. The zero-order valence-electron chi connectivity index (χ0n) is 16.8. The molecule has 4 heterocycles. The first-order chi connectivity index (χ1) is 14.6. The van der Waals surface area contributed by atoms with Crippen molar-refractivity contribution in [1.29, 1.82) is 0 Å². The van der Waals surface area contributed by atoms with Crippen molar-refractivity contribution in [3.8, 4) is 28.7 Å². The second-order valence-corrected chi connectivity index (χ2v) is 7.78. The second kappa shape index (κ2) is 7.33. The van der Waals surface area contributed by atoms with Crippen LogP contribution in [-0.2, 0) is 17.9 Å². The third kappa shape index (κ3) is 3.01. The summed E-state index contributed by atoms with van der Waals surface area (Å²) in [7, 11) is 0. The van der Waals surface area contributed by atoms with Crippen LogP contribution in [0.25, 0.3) is 28.7 Å². The first-order valence-electron chi connectivity index (χ1n) is 9.77. The topological polar surface area (TPSA) is 96.7 Å². The molecule has 30 heavy (non-hydrogen) atoms. The van der Waals surface area contributed by atoms with Crippen LogP contribution < -0.4 is 0 Å². The molecule has 0 saturated heterocycles. The van der Waals surface area contributed by atoms with Crippen molar-refractivity contribution in [3.05, 3.63) is 46.9 Å². The van der Waals surface area contributed by atoms with Gasteiger partial charge in [0.15, 0.2) is 23.2 Å². The molecule has 4 aromatic rings. The summed E-state index contributed by atoms with van der Waals surface area (Å²) in [4.78, 5) is 9.14. The highest BCUT2D eigenvalue weighted by molar-refractivity contribution is 6.31. The van der Waals surface area contributed by atoms with Gasteiger partial charge in [0.25, 0.3) is 5.89 Å². The van der Waals surface area contributed by atoms with Gasteiger partial charge in [0, 0.05) is 23.1 Å². The highest BCUT2D eigenvalue weighted by Gasteiger charge is 2.28. The third-order valence-electron chi connectivity index (χ3n) is 5.06. The highest BCUT2D eigenvalue weighted by Crippen LogP contribution is 2.36. The predicted molar refractivity (Wildman–Crippen MR) is 109 cm³/mol. The van der Waals surface area contributed by atoms with E-state index in [1.165, 1.54) is 0 Å². The fourth-order valence-electron chi connectivity index (χ4n) is 3.52. The number of benzene rings is 1. The Hall–Kier alpha value is -3.04. The minimum Gasteiger partial charge on any atom is -0.374 e. The average Bonchev–Trinajstić information content (AvgIpc) is 3.44. The standard InChI is InChI=1S/C20H20ClN7O2/c1-4-29-9-16-24-25-19-13-7-12(21)5-6-14(13)28-10-22-17(15(28)8-27(16)19)20-23-18(11(2)3)26-30-20/h5-7,10-11H,4,8-9H2,1-3H3. The maximum Gasteiger partial charge on any atom is 0.278 e. The highest BCUT2D eigenvalue weighted by atomic mass is 35.5. The van der Waals surface area contributed by atoms with Crippen molar-refractivity contribution in [2.24, 2.45) is 0 Å². The van der Waals surface area contributed by atoms with Crippen molar-refractivity contribution >= 4 is 11.6 Å². The summed E-state index contributed by atoms with van der Waals surface area (Å²) in [6.07, 6.45) is 1.76. The molecule has 1 aromatic carbocycles. The van der Waals surface area contributed by atoms with Crippen LogP contribution in [0.5, 0.6) is 0 Å². The molecule has 0 atom stereocenters. The minimum atomic E-state index is 0.161.